The SMILES string of the molecule is COc1ccc(/C=C2\SC(=S)N(CCC(=O)N3CCN(c4ccccc4)CC3)C2=O)cc1OC. The van der Waals surface area contributed by atoms with Crippen molar-refractivity contribution in [2.24, 2.45) is 0 Å². The van der Waals surface area contributed by atoms with E-state index in [9.17, 15) is 9.59 Å². The molecule has 0 aromatic heterocycles. The Morgan fingerprint density at radius 1 is 1.03 bits per heavy atom. The van der Waals surface area contributed by atoms with Gasteiger partial charge in [-0.1, -0.05) is 48.2 Å². The second kappa shape index (κ2) is 10.9. The van der Waals surface area contributed by atoms with Crippen LogP contribution in [0.1, 0.15) is 12.0 Å². The van der Waals surface area contributed by atoms with Gasteiger partial charge in [-0.3, -0.25) is 14.5 Å². The maximum absolute atomic E-state index is 12.9. The van der Waals surface area contributed by atoms with Crippen molar-refractivity contribution in [1.82, 2.24) is 9.80 Å². The zero-order valence-corrected chi connectivity index (χ0v) is 20.9. The lowest BCUT2D eigenvalue weighted by molar-refractivity contribution is -0.132. The van der Waals surface area contributed by atoms with Crippen LogP contribution < -0.4 is 14.4 Å². The van der Waals surface area contributed by atoms with Crippen LogP contribution in [-0.4, -0.2) is 72.9 Å². The lowest BCUT2D eigenvalue weighted by atomic mass is 10.2. The number of hydrogen-bond acceptors (Lipinski definition) is 7. The molecule has 0 N–H and O–H groups in total. The monoisotopic (exact) mass is 497 g/mol. The van der Waals surface area contributed by atoms with Gasteiger partial charge in [0.1, 0.15) is 4.32 Å². The van der Waals surface area contributed by atoms with Crippen LogP contribution in [0.25, 0.3) is 6.08 Å². The molecular formula is C25H27N3O4S2. The van der Waals surface area contributed by atoms with Crippen molar-refractivity contribution in [3.05, 3.63) is 59.0 Å². The number of hydrogen-bond donors (Lipinski definition) is 0. The van der Waals surface area contributed by atoms with Crippen LogP contribution in [0.2, 0.25) is 0 Å². The van der Waals surface area contributed by atoms with Crippen molar-refractivity contribution < 1.29 is 19.1 Å². The molecule has 9 heteroatoms. The molecule has 2 aliphatic heterocycles. The van der Waals surface area contributed by atoms with Crippen molar-refractivity contribution >= 4 is 51.9 Å². The van der Waals surface area contributed by atoms with E-state index in [2.05, 4.69) is 17.0 Å². The Hall–Kier alpha value is -3.04. The van der Waals surface area contributed by atoms with E-state index in [1.54, 1.807) is 26.4 Å². The Morgan fingerprint density at radius 3 is 2.41 bits per heavy atom. The van der Waals surface area contributed by atoms with Gasteiger partial charge in [-0.05, 0) is 35.9 Å². The fourth-order valence-corrected chi connectivity index (χ4v) is 5.31. The summed E-state index contributed by atoms with van der Waals surface area (Å²) in [4.78, 5) is 31.9. The van der Waals surface area contributed by atoms with Gasteiger partial charge in [0.05, 0.1) is 19.1 Å². The summed E-state index contributed by atoms with van der Waals surface area (Å²) in [7, 11) is 3.15. The van der Waals surface area contributed by atoms with Gasteiger partial charge in [0.15, 0.2) is 11.5 Å². The fraction of sp³-hybridized carbons (Fsp3) is 0.320. The van der Waals surface area contributed by atoms with Gasteiger partial charge in [-0.2, -0.15) is 0 Å². The van der Waals surface area contributed by atoms with E-state index >= 15 is 0 Å². The number of amides is 2. The molecule has 178 valence electrons. The van der Waals surface area contributed by atoms with E-state index in [0.29, 0.717) is 33.8 Å². The van der Waals surface area contributed by atoms with Crippen LogP contribution in [0.4, 0.5) is 5.69 Å². The number of carbonyl (C=O) groups is 2. The smallest absolute Gasteiger partial charge is 0.266 e. The van der Waals surface area contributed by atoms with Crippen molar-refractivity contribution in [3.8, 4) is 11.5 Å². The van der Waals surface area contributed by atoms with Gasteiger partial charge in [-0.15, -0.1) is 0 Å². The number of carbonyl (C=O) groups excluding carboxylic acids is 2. The summed E-state index contributed by atoms with van der Waals surface area (Å²) in [6.07, 6.45) is 2.04. The van der Waals surface area contributed by atoms with Crippen molar-refractivity contribution in [3.63, 3.8) is 0 Å². The lowest BCUT2D eigenvalue weighted by Gasteiger charge is -2.36. The van der Waals surface area contributed by atoms with Crippen LogP contribution in [0, 0.1) is 0 Å². The van der Waals surface area contributed by atoms with Crippen LogP contribution in [-0.2, 0) is 9.59 Å². The molecule has 2 heterocycles. The average molecular weight is 498 g/mol. The van der Waals surface area contributed by atoms with Crippen LogP contribution in [0.15, 0.2) is 53.4 Å². The van der Waals surface area contributed by atoms with E-state index in [1.165, 1.54) is 22.3 Å². The third-order valence-corrected chi connectivity index (χ3v) is 7.26. The van der Waals surface area contributed by atoms with Crippen molar-refractivity contribution in [2.45, 2.75) is 6.42 Å². The standard InChI is InChI=1S/C25H27N3O4S2/c1-31-20-9-8-18(16-21(20)32-2)17-22-24(30)28(25(33)34-22)11-10-23(29)27-14-12-26(13-15-27)19-6-4-3-5-7-19/h3-9,16-17H,10-15H2,1-2H3/b22-17-. The van der Waals surface area contributed by atoms with Gasteiger partial charge in [-0.25, -0.2) is 0 Å². The highest BCUT2D eigenvalue weighted by molar-refractivity contribution is 8.26. The normalized spacial score (nSPS) is 17.5. The number of methoxy groups -OCH3 is 2. The minimum absolute atomic E-state index is 0.0469. The lowest BCUT2D eigenvalue weighted by Crippen LogP contribution is -2.49. The van der Waals surface area contributed by atoms with Crippen molar-refractivity contribution in [1.29, 1.82) is 0 Å². The first-order valence-corrected chi connectivity index (χ1v) is 12.3. The van der Waals surface area contributed by atoms with E-state index in [1.807, 2.05) is 35.2 Å². The molecule has 2 amide bonds. The number of benzene rings is 2. The first-order valence-electron chi connectivity index (χ1n) is 11.1. The number of thioether (sulfide) groups is 1. The Bertz CT molecular complexity index is 1100. The molecule has 0 atom stereocenters. The number of para-hydroxylation sites is 1. The highest BCUT2D eigenvalue weighted by Gasteiger charge is 2.33. The maximum Gasteiger partial charge on any atom is 0.266 e. The van der Waals surface area contributed by atoms with Crippen LogP contribution in [0.3, 0.4) is 0 Å². The summed E-state index contributed by atoms with van der Waals surface area (Å²) >= 11 is 6.68. The molecule has 0 saturated carbocycles. The minimum atomic E-state index is -0.175. The summed E-state index contributed by atoms with van der Waals surface area (Å²) < 4.78 is 11.1. The molecule has 4 rings (SSSR count). The summed E-state index contributed by atoms with van der Waals surface area (Å²) in [5.41, 5.74) is 1.99. The van der Waals surface area contributed by atoms with E-state index in [-0.39, 0.29) is 24.8 Å². The highest BCUT2D eigenvalue weighted by Crippen LogP contribution is 2.34. The number of piperazine rings is 1. The molecule has 0 radical (unpaired) electrons. The molecule has 2 fully saturated rings. The van der Waals surface area contributed by atoms with Gasteiger partial charge in [0.25, 0.3) is 5.91 Å². The average Bonchev–Trinajstić information content (AvgIpc) is 3.14. The largest absolute Gasteiger partial charge is 0.493 e. The third-order valence-electron chi connectivity index (χ3n) is 5.88. The molecule has 2 saturated heterocycles. The predicted molar refractivity (Wildman–Crippen MR) is 139 cm³/mol. The number of rotatable bonds is 7. The maximum atomic E-state index is 12.9. The summed E-state index contributed by atoms with van der Waals surface area (Å²) in [6.45, 7) is 3.22. The molecule has 7 nitrogen and oxygen atoms in total. The van der Waals surface area contributed by atoms with Crippen molar-refractivity contribution in [2.75, 3.05) is 51.8 Å². The second-order valence-electron chi connectivity index (χ2n) is 7.90. The van der Waals surface area contributed by atoms with E-state index < -0.39 is 0 Å². The first kappa shape index (κ1) is 24.1. The van der Waals surface area contributed by atoms with Gasteiger partial charge in [0, 0.05) is 44.8 Å². The number of nitrogens with zero attached hydrogens (tertiary/aromatic N) is 3. The molecule has 0 bridgehead atoms. The van der Waals surface area contributed by atoms with E-state index in [0.717, 1.165) is 18.7 Å². The Kier molecular flexibility index (Phi) is 7.74. The molecule has 2 aromatic carbocycles. The fourth-order valence-electron chi connectivity index (χ4n) is 4.01. The van der Waals surface area contributed by atoms with Gasteiger partial charge in [0.2, 0.25) is 5.91 Å². The minimum Gasteiger partial charge on any atom is -0.493 e. The Balaban J connectivity index is 1.32. The Morgan fingerprint density at radius 2 is 1.74 bits per heavy atom. The quantitative estimate of drug-likeness (QED) is 0.428. The number of ether oxygens (including phenoxy) is 2. The van der Waals surface area contributed by atoms with Gasteiger partial charge < -0.3 is 19.3 Å². The zero-order valence-electron chi connectivity index (χ0n) is 19.2. The molecule has 0 aliphatic carbocycles. The predicted octanol–water partition coefficient (Wildman–Crippen LogP) is 3.64. The third kappa shape index (κ3) is 5.37. The summed E-state index contributed by atoms with van der Waals surface area (Å²) in [5, 5.41) is 0. The van der Waals surface area contributed by atoms with Gasteiger partial charge >= 0.3 is 0 Å². The zero-order chi connectivity index (χ0) is 24.1. The van der Waals surface area contributed by atoms with E-state index in [4.69, 9.17) is 21.7 Å². The topological polar surface area (TPSA) is 62.3 Å². The van der Waals surface area contributed by atoms with Crippen LogP contribution >= 0.6 is 24.0 Å². The number of anilines is 1. The number of thiocarbonyl (C=S) groups is 1. The first-order chi connectivity index (χ1) is 16.5. The molecule has 0 unspecified atom stereocenters. The summed E-state index contributed by atoms with van der Waals surface area (Å²) in [6, 6.07) is 15.7. The second-order valence-corrected chi connectivity index (χ2v) is 9.58. The van der Waals surface area contributed by atoms with Crippen LogP contribution in [0.5, 0.6) is 11.5 Å². The molecule has 0 spiro atoms. The molecule has 2 aliphatic rings. The molecule has 2 aromatic rings. The molecular weight excluding hydrogens is 470 g/mol. The molecule has 34 heavy (non-hydrogen) atoms. The highest BCUT2D eigenvalue weighted by atomic mass is 32.2. The Labute approximate surface area is 209 Å². The summed E-state index contributed by atoms with van der Waals surface area (Å²) in [5.74, 6) is 1.08.